The summed E-state index contributed by atoms with van der Waals surface area (Å²) in [6.45, 7) is 0. The average molecular weight is 441 g/mol. The van der Waals surface area contributed by atoms with Crippen LogP contribution < -0.4 is 16.2 Å². The smallest absolute Gasteiger partial charge is 0.305 e. The van der Waals surface area contributed by atoms with Crippen LogP contribution in [0.1, 0.15) is 10.6 Å². The summed E-state index contributed by atoms with van der Waals surface area (Å²) in [7, 11) is 0. The fourth-order valence-corrected chi connectivity index (χ4v) is 3.06. The lowest BCUT2D eigenvalue weighted by molar-refractivity contribution is 0.0917. The second-order valence-corrected chi connectivity index (χ2v) is 7.02. The molecule has 27 heavy (non-hydrogen) atoms. The van der Waals surface area contributed by atoms with Gasteiger partial charge in [-0.05, 0) is 60.7 Å². The number of carbonyl (C=O) groups excluding carboxylic acids is 1. The molecule has 0 unspecified atom stereocenters. The van der Waals surface area contributed by atoms with E-state index >= 15 is 0 Å². The van der Waals surface area contributed by atoms with E-state index in [9.17, 15) is 4.79 Å². The van der Waals surface area contributed by atoms with Crippen LogP contribution in [-0.2, 0) is 0 Å². The molecule has 0 fully saturated rings. The number of amides is 1. The van der Waals surface area contributed by atoms with Crippen LogP contribution in [0.15, 0.2) is 59.0 Å². The van der Waals surface area contributed by atoms with E-state index in [1.54, 1.807) is 48.5 Å². The Kier molecular flexibility index (Phi) is 6.23. The zero-order chi connectivity index (χ0) is 19.4. The Bertz CT molecular complexity index is 1010. The van der Waals surface area contributed by atoms with E-state index in [0.717, 1.165) is 0 Å². The quantitative estimate of drug-likeness (QED) is 0.369. The number of halogens is 3. The molecule has 0 bridgehead atoms. The van der Waals surface area contributed by atoms with Crippen LogP contribution in [-0.4, -0.2) is 11.0 Å². The summed E-state index contributed by atoms with van der Waals surface area (Å²) in [4.78, 5) is 12.2. The molecule has 0 spiro atoms. The van der Waals surface area contributed by atoms with Crippen LogP contribution >= 0.6 is 47.0 Å². The number of hydrazine groups is 1. The van der Waals surface area contributed by atoms with Crippen LogP contribution in [0.25, 0.3) is 11.3 Å². The van der Waals surface area contributed by atoms with Gasteiger partial charge in [-0.1, -0.05) is 40.9 Å². The van der Waals surface area contributed by atoms with Crippen LogP contribution in [0.4, 0.5) is 5.69 Å². The average Bonchev–Trinajstić information content (AvgIpc) is 3.09. The van der Waals surface area contributed by atoms with E-state index in [1.807, 2.05) is 0 Å². The minimum absolute atomic E-state index is 0.0917. The fourth-order valence-electron chi connectivity index (χ4n) is 2.20. The molecule has 1 heterocycles. The van der Waals surface area contributed by atoms with Gasteiger partial charge in [0.25, 0.3) is 0 Å². The lowest BCUT2D eigenvalue weighted by Crippen LogP contribution is -2.43. The van der Waals surface area contributed by atoms with Crippen molar-refractivity contribution in [1.82, 2.24) is 10.9 Å². The highest BCUT2D eigenvalue weighted by Crippen LogP contribution is 2.31. The summed E-state index contributed by atoms with van der Waals surface area (Å²) in [5.74, 6) is 0.0390. The lowest BCUT2D eigenvalue weighted by Gasteiger charge is -2.11. The van der Waals surface area contributed by atoms with E-state index in [1.165, 1.54) is 6.07 Å². The highest BCUT2D eigenvalue weighted by Gasteiger charge is 2.14. The van der Waals surface area contributed by atoms with Crippen LogP contribution in [0.3, 0.4) is 0 Å². The predicted molar refractivity (Wildman–Crippen MR) is 112 cm³/mol. The highest BCUT2D eigenvalue weighted by atomic mass is 35.5. The third-order valence-electron chi connectivity index (χ3n) is 3.40. The molecule has 5 nitrogen and oxygen atoms in total. The van der Waals surface area contributed by atoms with Gasteiger partial charge in [-0.15, -0.1) is 0 Å². The number of carbonyl (C=O) groups is 1. The molecule has 2 aromatic carbocycles. The van der Waals surface area contributed by atoms with E-state index in [2.05, 4.69) is 16.2 Å². The molecule has 0 aliphatic carbocycles. The zero-order valence-electron chi connectivity index (χ0n) is 13.6. The van der Waals surface area contributed by atoms with Crippen molar-refractivity contribution in [2.45, 2.75) is 0 Å². The van der Waals surface area contributed by atoms with Gasteiger partial charge in [-0.25, -0.2) is 0 Å². The van der Waals surface area contributed by atoms with Crippen LogP contribution in [0.2, 0.25) is 15.1 Å². The Hall–Kier alpha value is -2.25. The van der Waals surface area contributed by atoms with Crippen molar-refractivity contribution in [2.75, 3.05) is 5.32 Å². The second-order valence-electron chi connectivity index (χ2n) is 5.33. The summed E-state index contributed by atoms with van der Waals surface area (Å²) in [5, 5.41) is 4.59. The van der Waals surface area contributed by atoms with Gasteiger partial charge in [-0.3, -0.25) is 15.6 Å². The van der Waals surface area contributed by atoms with Crippen LogP contribution in [0, 0.1) is 0 Å². The monoisotopic (exact) mass is 439 g/mol. The first-order chi connectivity index (χ1) is 12.9. The number of nitrogens with one attached hydrogen (secondary N) is 3. The first-order valence-corrected chi connectivity index (χ1v) is 9.15. The van der Waals surface area contributed by atoms with Gasteiger partial charge < -0.3 is 9.73 Å². The van der Waals surface area contributed by atoms with Gasteiger partial charge in [0.2, 0.25) is 0 Å². The normalized spacial score (nSPS) is 10.3. The molecule has 3 N–H and O–H groups in total. The van der Waals surface area contributed by atoms with Crippen molar-refractivity contribution in [3.63, 3.8) is 0 Å². The molecular formula is C18H12Cl3N3O2S. The van der Waals surface area contributed by atoms with Crippen molar-refractivity contribution in [2.24, 2.45) is 0 Å². The lowest BCUT2D eigenvalue weighted by atomic mass is 10.2. The summed E-state index contributed by atoms with van der Waals surface area (Å²) < 4.78 is 5.56. The molecular weight excluding hydrogens is 429 g/mol. The van der Waals surface area contributed by atoms with Crippen LogP contribution in [0.5, 0.6) is 0 Å². The summed E-state index contributed by atoms with van der Waals surface area (Å²) in [6.07, 6.45) is 0. The molecule has 0 aliphatic rings. The first kappa shape index (κ1) is 19.5. The number of furan rings is 1. The van der Waals surface area contributed by atoms with Crippen molar-refractivity contribution >= 4 is 63.7 Å². The Labute approximate surface area is 175 Å². The minimum atomic E-state index is -0.499. The molecule has 138 valence electrons. The highest BCUT2D eigenvalue weighted by molar-refractivity contribution is 7.80. The maximum atomic E-state index is 12.2. The van der Waals surface area contributed by atoms with Gasteiger partial charge >= 0.3 is 5.91 Å². The molecule has 0 atom stereocenters. The van der Waals surface area contributed by atoms with Gasteiger partial charge in [0.15, 0.2) is 10.9 Å². The van der Waals surface area contributed by atoms with Crippen molar-refractivity contribution < 1.29 is 9.21 Å². The minimum Gasteiger partial charge on any atom is -0.451 e. The number of hydrogen-bond acceptors (Lipinski definition) is 3. The zero-order valence-corrected chi connectivity index (χ0v) is 16.6. The third-order valence-corrected chi connectivity index (χ3v) is 4.39. The number of anilines is 1. The molecule has 0 saturated heterocycles. The Morgan fingerprint density at radius 2 is 1.70 bits per heavy atom. The molecule has 3 aromatic rings. The number of thiocarbonyl (C=S) groups is 1. The molecule has 3 rings (SSSR count). The summed E-state index contributed by atoms with van der Waals surface area (Å²) >= 11 is 23.1. The van der Waals surface area contributed by atoms with Crippen molar-refractivity contribution in [3.05, 3.63) is 75.4 Å². The Morgan fingerprint density at radius 1 is 0.926 bits per heavy atom. The Balaban J connectivity index is 1.60. The molecule has 9 heteroatoms. The molecule has 1 aromatic heterocycles. The third kappa shape index (κ3) is 5.14. The largest absolute Gasteiger partial charge is 0.451 e. The molecule has 1 amide bonds. The van der Waals surface area contributed by atoms with Crippen molar-refractivity contribution in [3.8, 4) is 11.3 Å². The maximum Gasteiger partial charge on any atom is 0.305 e. The van der Waals surface area contributed by atoms with E-state index in [0.29, 0.717) is 32.1 Å². The summed E-state index contributed by atoms with van der Waals surface area (Å²) in [6, 6.07) is 15.2. The molecule has 0 aliphatic heterocycles. The van der Waals surface area contributed by atoms with E-state index < -0.39 is 5.91 Å². The van der Waals surface area contributed by atoms with Gasteiger partial charge in [-0.2, -0.15) is 0 Å². The van der Waals surface area contributed by atoms with Gasteiger partial charge in [0.05, 0.1) is 5.02 Å². The first-order valence-electron chi connectivity index (χ1n) is 7.60. The molecule has 0 saturated carbocycles. The number of rotatable bonds is 3. The SMILES string of the molecule is O=C(NNC(=S)Nc1cccc(Cl)c1)c1ccc(-c2ccc(Cl)cc2Cl)o1. The topological polar surface area (TPSA) is 66.3 Å². The molecule has 0 radical (unpaired) electrons. The predicted octanol–water partition coefficient (Wildman–Crippen LogP) is 5.54. The van der Waals surface area contributed by atoms with E-state index in [-0.39, 0.29) is 10.9 Å². The van der Waals surface area contributed by atoms with E-state index in [4.69, 9.17) is 51.4 Å². The second kappa shape index (κ2) is 8.63. The number of benzene rings is 2. The number of hydrogen-bond donors (Lipinski definition) is 3. The standard InChI is InChI=1S/C18H12Cl3N3O2S/c19-10-2-1-3-12(8-10)22-18(27)24-23-17(25)16-7-6-15(26-16)13-5-4-11(20)9-14(13)21/h1-9H,(H,23,25)(H2,22,24,27). The van der Waals surface area contributed by atoms with Gasteiger partial charge in [0.1, 0.15) is 5.76 Å². The van der Waals surface area contributed by atoms with Gasteiger partial charge in [0, 0.05) is 21.3 Å². The van der Waals surface area contributed by atoms with Crippen molar-refractivity contribution in [1.29, 1.82) is 0 Å². The maximum absolute atomic E-state index is 12.2. The summed E-state index contributed by atoms with van der Waals surface area (Å²) in [5.41, 5.74) is 6.36. The fraction of sp³-hybridized carbons (Fsp3) is 0. The Morgan fingerprint density at radius 3 is 2.44 bits per heavy atom.